The third kappa shape index (κ3) is 3.70. The summed E-state index contributed by atoms with van der Waals surface area (Å²) in [5, 5.41) is 0. The molecule has 1 rings (SSSR count). The lowest BCUT2D eigenvalue weighted by molar-refractivity contribution is 0.226. The van der Waals surface area contributed by atoms with Crippen molar-refractivity contribution in [3.8, 4) is 0 Å². The maximum Gasteiger partial charge on any atom is -0.0386 e. The Hall–Kier alpha value is 0. The molecule has 78 valence electrons. The van der Waals surface area contributed by atoms with Gasteiger partial charge >= 0.3 is 0 Å². The average Bonchev–Trinajstić information content (AvgIpc) is 2.21. The van der Waals surface area contributed by atoms with Crippen LogP contribution in [0.4, 0.5) is 0 Å². The van der Waals surface area contributed by atoms with E-state index in [1.165, 1.54) is 57.8 Å². The fourth-order valence-corrected chi connectivity index (χ4v) is 2.85. The van der Waals surface area contributed by atoms with Gasteiger partial charge in [-0.25, -0.2) is 0 Å². The number of unbranched alkanes of at least 4 members (excludes halogenated alkanes) is 1. The van der Waals surface area contributed by atoms with Crippen molar-refractivity contribution in [2.45, 2.75) is 71.6 Å². The van der Waals surface area contributed by atoms with Crippen LogP contribution in [-0.4, -0.2) is 0 Å². The Morgan fingerprint density at radius 2 is 1.77 bits per heavy atom. The molecule has 1 atom stereocenters. The molecule has 0 amide bonds. The normalized spacial score (nSPS) is 21.7. The molecular formula is C13H26. The van der Waals surface area contributed by atoms with E-state index in [1.54, 1.807) is 0 Å². The topological polar surface area (TPSA) is 0 Å². The van der Waals surface area contributed by atoms with Gasteiger partial charge in [-0.05, 0) is 11.8 Å². The summed E-state index contributed by atoms with van der Waals surface area (Å²) < 4.78 is 0. The van der Waals surface area contributed by atoms with Gasteiger partial charge in [0.05, 0.1) is 0 Å². The second kappa shape index (κ2) is 6.45. The highest BCUT2D eigenvalue weighted by atomic mass is 14.3. The molecule has 0 aromatic heterocycles. The average molecular weight is 182 g/mol. The van der Waals surface area contributed by atoms with Gasteiger partial charge in [0, 0.05) is 0 Å². The van der Waals surface area contributed by atoms with Crippen LogP contribution in [0.5, 0.6) is 0 Å². The van der Waals surface area contributed by atoms with Gasteiger partial charge in [0.15, 0.2) is 0 Å². The molecule has 0 aromatic carbocycles. The lowest BCUT2D eigenvalue weighted by Gasteiger charge is -2.29. The first kappa shape index (κ1) is 11.1. The van der Waals surface area contributed by atoms with E-state index >= 15 is 0 Å². The molecule has 1 saturated carbocycles. The van der Waals surface area contributed by atoms with Gasteiger partial charge in [0.2, 0.25) is 0 Å². The summed E-state index contributed by atoms with van der Waals surface area (Å²) >= 11 is 0. The monoisotopic (exact) mass is 182 g/mol. The van der Waals surface area contributed by atoms with Crippen LogP contribution < -0.4 is 0 Å². The summed E-state index contributed by atoms with van der Waals surface area (Å²) in [4.78, 5) is 0. The lowest BCUT2D eigenvalue weighted by atomic mass is 9.77. The highest BCUT2D eigenvalue weighted by molar-refractivity contribution is 4.73. The van der Waals surface area contributed by atoms with Crippen molar-refractivity contribution in [2.24, 2.45) is 11.8 Å². The molecule has 0 unspecified atom stereocenters. The number of hydrogen-bond acceptors (Lipinski definition) is 0. The van der Waals surface area contributed by atoms with E-state index in [0.29, 0.717) is 0 Å². The summed E-state index contributed by atoms with van der Waals surface area (Å²) in [7, 11) is 0. The van der Waals surface area contributed by atoms with Gasteiger partial charge in [0.25, 0.3) is 0 Å². The van der Waals surface area contributed by atoms with E-state index in [1.807, 2.05) is 0 Å². The first-order valence-electron chi connectivity index (χ1n) is 6.38. The Morgan fingerprint density at radius 1 is 1.08 bits per heavy atom. The van der Waals surface area contributed by atoms with Crippen LogP contribution in [0.1, 0.15) is 71.6 Å². The smallest absolute Gasteiger partial charge is 0.0386 e. The molecular weight excluding hydrogens is 156 g/mol. The molecule has 0 bridgehead atoms. The van der Waals surface area contributed by atoms with Crippen molar-refractivity contribution < 1.29 is 0 Å². The minimum Gasteiger partial charge on any atom is -0.0654 e. The van der Waals surface area contributed by atoms with Crippen molar-refractivity contribution in [1.29, 1.82) is 0 Å². The van der Waals surface area contributed by atoms with E-state index in [4.69, 9.17) is 0 Å². The summed E-state index contributed by atoms with van der Waals surface area (Å²) in [5.74, 6) is 2.14. The zero-order chi connectivity index (χ0) is 9.52. The van der Waals surface area contributed by atoms with Crippen LogP contribution in [0, 0.1) is 11.8 Å². The second-order valence-corrected chi connectivity index (χ2v) is 4.71. The summed E-state index contributed by atoms with van der Waals surface area (Å²) in [5.41, 5.74) is 0. The second-order valence-electron chi connectivity index (χ2n) is 4.71. The number of hydrogen-bond donors (Lipinski definition) is 0. The van der Waals surface area contributed by atoms with Crippen molar-refractivity contribution in [1.82, 2.24) is 0 Å². The van der Waals surface area contributed by atoms with Gasteiger partial charge in [-0.1, -0.05) is 71.6 Å². The first-order chi connectivity index (χ1) is 6.38. The largest absolute Gasteiger partial charge is 0.0654 e. The predicted molar refractivity (Wildman–Crippen MR) is 59.9 cm³/mol. The van der Waals surface area contributed by atoms with Crippen molar-refractivity contribution >= 4 is 0 Å². The highest BCUT2D eigenvalue weighted by Gasteiger charge is 2.21. The van der Waals surface area contributed by atoms with E-state index in [-0.39, 0.29) is 0 Å². The first-order valence-corrected chi connectivity index (χ1v) is 6.38. The molecule has 0 spiro atoms. The molecule has 1 fully saturated rings. The summed E-state index contributed by atoms with van der Waals surface area (Å²) in [6.45, 7) is 4.70. The molecule has 13 heavy (non-hydrogen) atoms. The maximum atomic E-state index is 2.38. The molecule has 0 heterocycles. The third-order valence-corrected chi connectivity index (χ3v) is 3.77. The highest BCUT2D eigenvalue weighted by Crippen LogP contribution is 2.34. The van der Waals surface area contributed by atoms with Crippen molar-refractivity contribution in [3.05, 3.63) is 0 Å². The van der Waals surface area contributed by atoms with Gasteiger partial charge < -0.3 is 0 Å². The third-order valence-electron chi connectivity index (χ3n) is 3.77. The van der Waals surface area contributed by atoms with Crippen molar-refractivity contribution in [3.63, 3.8) is 0 Å². The standard InChI is InChI=1S/C13H26/c1-3-5-9-12(4-2)13-10-7-6-8-11-13/h12-13H,3-11H2,1-2H3/t12-/m0/s1. The predicted octanol–water partition coefficient (Wildman–Crippen LogP) is 4.78. The van der Waals surface area contributed by atoms with Crippen LogP contribution in [0.3, 0.4) is 0 Å². The molecule has 0 heteroatoms. The van der Waals surface area contributed by atoms with Crippen LogP contribution >= 0.6 is 0 Å². The molecule has 0 aromatic rings. The van der Waals surface area contributed by atoms with Gasteiger partial charge in [-0.3, -0.25) is 0 Å². The fraction of sp³-hybridized carbons (Fsp3) is 1.00. The Bertz CT molecular complexity index is 111. The van der Waals surface area contributed by atoms with E-state index in [2.05, 4.69) is 13.8 Å². The summed E-state index contributed by atoms with van der Waals surface area (Å²) in [6.07, 6.45) is 13.3. The zero-order valence-electron chi connectivity index (χ0n) is 9.52. The quantitative estimate of drug-likeness (QED) is 0.574. The Morgan fingerprint density at radius 3 is 2.31 bits per heavy atom. The Labute approximate surface area is 84.1 Å². The fourth-order valence-electron chi connectivity index (χ4n) is 2.85. The van der Waals surface area contributed by atoms with Gasteiger partial charge in [-0.15, -0.1) is 0 Å². The molecule has 1 aliphatic rings. The molecule has 1 aliphatic carbocycles. The molecule has 0 radical (unpaired) electrons. The minimum absolute atomic E-state index is 1.06. The van der Waals surface area contributed by atoms with Crippen LogP contribution in [0.15, 0.2) is 0 Å². The maximum absolute atomic E-state index is 2.38. The van der Waals surface area contributed by atoms with Crippen LogP contribution in [-0.2, 0) is 0 Å². The van der Waals surface area contributed by atoms with Gasteiger partial charge in [0.1, 0.15) is 0 Å². The number of rotatable bonds is 5. The zero-order valence-corrected chi connectivity index (χ0v) is 9.52. The van der Waals surface area contributed by atoms with E-state index in [9.17, 15) is 0 Å². The van der Waals surface area contributed by atoms with Gasteiger partial charge in [-0.2, -0.15) is 0 Å². The molecule has 0 nitrogen and oxygen atoms in total. The van der Waals surface area contributed by atoms with E-state index < -0.39 is 0 Å². The van der Waals surface area contributed by atoms with Crippen LogP contribution in [0.2, 0.25) is 0 Å². The Kier molecular flexibility index (Phi) is 5.50. The SMILES string of the molecule is CCCC[C@H](CC)C1CCCCC1. The molecule has 0 N–H and O–H groups in total. The molecule has 0 saturated heterocycles. The van der Waals surface area contributed by atoms with E-state index in [0.717, 1.165) is 11.8 Å². The van der Waals surface area contributed by atoms with Crippen molar-refractivity contribution in [2.75, 3.05) is 0 Å². The minimum atomic E-state index is 1.06. The molecule has 0 aliphatic heterocycles. The van der Waals surface area contributed by atoms with Crippen LogP contribution in [0.25, 0.3) is 0 Å². The Balaban J connectivity index is 2.26. The summed E-state index contributed by atoms with van der Waals surface area (Å²) in [6, 6.07) is 0. The lowest BCUT2D eigenvalue weighted by Crippen LogP contribution is -2.17.